The molecular formula is C39H36. The van der Waals surface area contributed by atoms with Crippen LogP contribution in [0, 0.1) is 0 Å². The van der Waals surface area contributed by atoms with Crippen LogP contribution in [-0.2, 0) is 16.2 Å². The predicted molar refractivity (Wildman–Crippen MR) is 170 cm³/mol. The highest BCUT2D eigenvalue weighted by atomic mass is 14.5. The van der Waals surface area contributed by atoms with Gasteiger partial charge in [-0.1, -0.05) is 72.9 Å². The largest absolute Gasteiger partial charge is 0.103 e. The SMILES string of the molecule is C=CCC1(CC=C)c2ccc3c4c2c2c1ccc1c2c2c(ccc(c42)C3(CC=C)CC=C)C1(CC=C)CC=C. The Bertz CT molecular complexity index is 1440. The summed E-state index contributed by atoms with van der Waals surface area (Å²) in [7, 11) is 0. The minimum Gasteiger partial charge on any atom is -0.103 e. The molecule has 0 unspecified atom stereocenters. The average molecular weight is 505 g/mol. The molecule has 3 aliphatic rings. The normalized spacial score (nSPS) is 17.5. The van der Waals surface area contributed by atoms with Crippen molar-refractivity contribution in [3.05, 3.63) is 146 Å². The maximum atomic E-state index is 4.22. The molecule has 0 nitrogen and oxygen atoms in total. The van der Waals surface area contributed by atoms with Gasteiger partial charge >= 0.3 is 0 Å². The molecule has 4 aromatic rings. The maximum Gasteiger partial charge on any atom is 0.0284 e. The molecule has 192 valence electrons. The standard InChI is InChI=1S/C39H36/c1-7-19-37(20-8-2)25-13-15-27-33-31(25)32-26(37)14-16-28-34(32)36-30(39(28,23-11-5)24-12-6)18-17-29(35(33)36)38(27,21-9-3)22-10-4/h7-18H,1-6,19-24H2. The Hall–Kier alpha value is -3.90. The first-order chi connectivity index (χ1) is 19.0. The van der Waals surface area contributed by atoms with E-state index in [1.54, 1.807) is 0 Å². The van der Waals surface area contributed by atoms with Crippen LogP contribution in [0.15, 0.2) is 112 Å². The summed E-state index contributed by atoms with van der Waals surface area (Å²) >= 11 is 0. The van der Waals surface area contributed by atoms with Crippen LogP contribution in [0.25, 0.3) is 32.3 Å². The van der Waals surface area contributed by atoms with Crippen molar-refractivity contribution in [3.63, 3.8) is 0 Å². The van der Waals surface area contributed by atoms with Crippen molar-refractivity contribution < 1.29 is 0 Å². The van der Waals surface area contributed by atoms with Crippen LogP contribution in [0.4, 0.5) is 0 Å². The van der Waals surface area contributed by atoms with Crippen molar-refractivity contribution in [2.45, 2.75) is 54.8 Å². The van der Waals surface area contributed by atoms with Gasteiger partial charge < -0.3 is 0 Å². The van der Waals surface area contributed by atoms with E-state index >= 15 is 0 Å². The molecule has 39 heavy (non-hydrogen) atoms. The zero-order valence-corrected chi connectivity index (χ0v) is 22.9. The molecule has 0 atom stereocenters. The lowest BCUT2D eigenvalue weighted by molar-refractivity contribution is 0.538. The van der Waals surface area contributed by atoms with Gasteiger partial charge in [0.2, 0.25) is 0 Å². The van der Waals surface area contributed by atoms with E-state index in [0.717, 1.165) is 38.5 Å². The van der Waals surface area contributed by atoms with Crippen LogP contribution in [0.3, 0.4) is 0 Å². The van der Waals surface area contributed by atoms with Gasteiger partial charge in [-0.15, -0.1) is 39.5 Å². The maximum absolute atomic E-state index is 4.22. The summed E-state index contributed by atoms with van der Waals surface area (Å²) in [5, 5.41) is 8.73. The second-order valence-corrected chi connectivity index (χ2v) is 11.9. The van der Waals surface area contributed by atoms with Gasteiger partial charge in [0.05, 0.1) is 0 Å². The fourth-order valence-electron chi connectivity index (χ4n) is 9.24. The smallest absolute Gasteiger partial charge is 0.0284 e. The van der Waals surface area contributed by atoms with Gasteiger partial charge in [0.25, 0.3) is 0 Å². The van der Waals surface area contributed by atoms with Crippen LogP contribution >= 0.6 is 0 Å². The Morgan fingerprint density at radius 1 is 0.333 bits per heavy atom. The minimum atomic E-state index is -0.148. The van der Waals surface area contributed by atoms with Crippen molar-refractivity contribution >= 4 is 32.3 Å². The van der Waals surface area contributed by atoms with Crippen LogP contribution < -0.4 is 0 Å². The van der Waals surface area contributed by atoms with E-state index in [0.29, 0.717) is 0 Å². The molecule has 0 spiro atoms. The Balaban J connectivity index is 1.79. The van der Waals surface area contributed by atoms with Crippen LogP contribution in [0.1, 0.15) is 71.9 Å². The van der Waals surface area contributed by atoms with Crippen LogP contribution in [0.2, 0.25) is 0 Å². The van der Waals surface area contributed by atoms with E-state index in [2.05, 4.69) is 112 Å². The fourth-order valence-corrected chi connectivity index (χ4v) is 9.24. The Labute approximate surface area is 232 Å². The van der Waals surface area contributed by atoms with Gasteiger partial charge in [-0.2, -0.15) is 0 Å². The lowest BCUT2D eigenvalue weighted by Crippen LogP contribution is -2.25. The summed E-state index contributed by atoms with van der Waals surface area (Å²) in [6.07, 6.45) is 18.0. The molecule has 4 aromatic carbocycles. The first kappa shape index (κ1) is 24.2. The van der Waals surface area contributed by atoms with Crippen molar-refractivity contribution in [1.82, 2.24) is 0 Å². The van der Waals surface area contributed by atoms with Crippen LogP contribution in [0.5, 0.6) is 0 Å². The second-order valence-electron chi connectivity index (χ2n) is 11.9. The molecule has 0 amide bonds. The van der Waals surface area contributed by atoms with Crippen molar-refractivity contribution in [2.75, 3.05) is 0 Å². The third-order valence-corrected chi connectivity index (χ3v) is 10.4. The van der Waals surface area contributed by atoms with E-state index in [-0.39, 0.29) is 16.2 Å². The van der Waals surface area contributed by atoms with E-state index in [1.807, 2.05) is 0 Å². The number of allylic oxidation sites excluding steroid dienone is 6. The molecular weight excluding hydrogens is 468 g/mol. The summed E-state index contributed by atoms with van der Waals surface area (Å²) < 4.78 is 0. The van der Waals surface area contributed by atoms with Crippen molar-refractivity contribution in [1.29, 1.82) is 0 Å². The highest BCUT2D eigenvalue weighted by Gasteiger charge is 2.51. The summed E-state index contributed by atoms with van der Waals surface area (Å²) in [5.41, 5.74) is 8.16. The monoisotopic (exact) mass is 504 g/mol. The molecule has 0 heteroatoms. The summed E-state index contributed by atoms with van der Waals surface area (Å²) in [5.74, 6) is 0. The van der Waals surface area contributed by atoms with Gasteiger partial charge in [0.1, 0.15) is 0 Å². The third kappa shape index (κ3) is 2.48. The first-order valence-electron chi connectivity index (χ1n) is 14.3. The molecule has 0 fully saturated rings. The highest BCUT2D eigenvalue weighted by molar-refractivity contribution is 6.35. The Kier molecular flexibility index (Phi) is 4.99. The minimum absolute atomic E-state index is 0.148. The number of hydrogen-bond donors (Lipinski definition) is 0. The molecule has 0 heterocycles. The van der Waals surface area contributed by atoms with Crippen molar-refractivity contribution in [3.8, 4) is 0 Å². The van der Waals surface area contributed by atoms with E-state index in [4.69, 9.17) is 0 Å². The lowest BCUT2D eigenvalue weighted by atomic mass is 9.70. The van der Waals surface area contributed by atoms with Gasteiger partial charge in [-0.3, -0.25) is 0 Å². The van der Waals surface area contributed by atoms with Crippen LogP contribution in [-0.4, -0.2) is 0 Å². The predicted octanol–water partition coefficient (Wildman–Crippen LogP) is 10.4. The number of rotatable bonds is 12. The molecule has 0 N–H and O–H groups in total. The molecule has 0 bridgehead atoms. The van der Waals surface area contributed by atoms with Gasteiger partial charge in [-0.25, -0.2) is 0 Å². The van der Waals surface area contributed by atoms with E-state index in [1.165, 1.54) is 65.7 Å². The number of benzene rings is 4. The molecule has 3 aliphatic carbocycles. The molecule has 0 radical (unpaired) electrons. The molecule has 7 rings (SSSR count). The quantitative estimate of drug-likeness (QED) is 0.133. The van der Waals surface area contributed by atoms with E-state index < -0.39 is 0 Å². The van der Waals surface area contributed by atoms with Gasteiger partial charge in [0, 0.05) is 16.2 Å². The second kappa shape index (κ2) is 8.06. The van der Waals surface area contributed by atoms with Crippen molar-refractivity contribution in [2.24, 2.45) is 0 Å². The zero-order chi connectivity index (χ0) is 27.2. The van der Waals surface area contributed by atoms with E-state index in [9.17, 15) is 0 Å². The summed E-state index contributed by atoms with van der Waals surface area (Å²) in [6, 6.07) is 14.6. The van der Waals surface area contributed by atoms with Gasteiger partial charge in [0.15, 0.2) is 0 Å². The fraction of sp³-hybridized carbons (Fsp3) is 0.231. The first-order valence-corrected chi connectivity index (χ1v) is 14.3. The van der Waals surface area contributed by atoms with Gasteiger partial charge in [-0.05, 0) is 104 Å². The highest BCUT2D eigenvalue weighted by Crippen LogP contribution is 2.65. The Morgan fingerprint density at radius 3 is 0.615 bits per heavy atom. The molecule has 0 aliphatic heterocycles. The average Bonchev–Trinajstić information content (AvgIpc) is 3.47. The Morgan fingerprint density at radius 2 is 0.487 bits per heavy atom. The molecule has 0 saturated carbocycles. The lowest BCUT2D eigenvalue weighted by Gasteiger charge is -2.32. The summed E-state index contributed by atoms with van der Waals surface area (Å²) in [6.45, 7) is 25.3. The molecule has 0 saturated heterocycles. The third-order valence-electron chi connectivity index (χ3n) is 10.4. The zero-order valence-electron chi connectivity index (χ0n) is 22.9. The number of hydrogen-bond acceptors (Lipinski definition) is 0. The summed E-state index contributed by atoms with van der Waals surface area (Å²) in [4.78, 5) is 0. The molecule has 0 aromatic heterocycles. The topological polar surface area (TPSA) is 0 Å².